The van der Waals surface area contributed by atoms with Crippen LogP contribution < -0.4 is 0 Å². The summed E-state index contributed by atoms with van der Waals surface area (Å²) in [5.41, 5.74) is 1.32. The predicted octanol–water partition coefficient (Wildman–Crippen LogP) is 3.12. The highest BCUT2D eigenvalue weighted by molar-refractivity contribution is 5.70. The number of hydrogen-bond donors (Lipinski definition) is 1. The Hall–Kier alpha value is -1.31. The third-order valence-corrected chi connectivity index (χ3v) is 3.62. The molecule has 0 bridgehead atoms. The van der Waals surface area contributed by atoms with Crippen molar-refractivity contribution in [3.8, 4) is 0 Å². The second-order valence-electron chi connectivity index (χ2n) is 4.66. The van der Waals surface area contributed by atoms with Gasteiger partial charge >= 0.3 is 5.97 Å². The van der Waals surface area contributed by atoms with Crippen molar-refractivity contribution in [3.05, 3.63) is 35.9 Å². The van der Waals surface area contributed by atoms with Crippen LogP contribution >= 0.6 is 0 Å². The Morgan fingerprint density at radius 2 is 2.00 bits per heavy atom. The molecule has 2 rings (SSSR count). The van der Waals surface area contributed by atoms with Gasteiger partial charge in [-0.15, -0.1) is 0 Å². The third-order valence-electron chi connectivity index (χ3n) is 3.62. The molecule has 0 amide bonds. The topological polar surface area (TPSA) is 37.3 Å². The molecule has 0 radical (unpaired) electrons. The second-order valence-corrected chi connectivity index (χ2v) is 4.66. The highest BCUT2D eigenvalue weighted by atomic mass is 16.4. The van der Waals surface area contributed by atoms with Crippen molar-refractivity contribution in [2.24, 2.45) is 11.8 Å². The van der Waals surface area contributed by atoms with E-state index in [1.54, 1.807) is 0 Å². The summed E-state index contributed by atoms with van der Waals surface area (Å²) in [7, 11) is 0. The van der Waals surface area contributed by atoms with Crippen molar-refractivity contribution < 1.29 is 9.90 Å². The first-order chi connectivity index (χ1) is 7.77. The van der Waals surface area contributed by atoms with Crippen LogP contribution in [0.25, 0.3) is 0 Å². The Morgan fingerprint density at radius 1 is 1.25 bits per heavy atom. The summed E-state index contributed by atoms with van der Waals surface area (Å²) >= 11 is 0. The van der Waals surface area contributed by atoms with E-state index in [-0.39, 0.29) is 5.92 Å². The average molecular weight is 218 g/mol. The maximum atomic E-state index is 11.0. The number of carboxylic acid groups (broad SMARTS) is 1. The summed E-state index contributed by atoms with van der Waals surface area (Å²) in [6.45, 7) is 0. The minimum Gasteiger partial charge on any atom is -0.481 e. The van der Waals surface area contributed by atoms with E-state index in [2.05, 4.69) is 12.1 Å². The molecule has 0 aliphatic heterocycles. The lowest BCUT2D eigenvalue weighted by atomic mass is 9.90. The molecule has 1 aromatic rings. The average Bonchev–Trinajstić information content (AvgIpc) is 2.76. The first-order valence-corrected chi connectivity index (χ1v) is 6.04. The van der Waals surface area contributed by atoms with Crippen molar-refractivity contribution >= 4 is 5.97 Å². The Kier molecular flexibility index (Phi) is 3.60. The molecule has 0 aromatic heterocycles. The fourth-order valence-electron chi connectivity index (χ4n) is 2.70. The molecule has 2 nitrogen and oxygen atoms in total. The van der Waals surface area contributed by atoms with Crippen LogP contribution in [-0.2, 0) is 11.2 Å². The quantitative estimate of drug-likeness (QED) is 0.843. The number of aliphatic carboxylic acids is 1. The van der Waals surface area contributed by atoms with Gasteiger partial charge in [0, 0.05) is 0 Å². The van der Waals surface area contributed by atoms with Gasteiger partial charge in [-0.2, -0.15) is 0 Å². The van der Waals surface area contributed by atoms with E-state index in [1.807, 2.05) is 18.2 Å². The molecule has 0 spiro atoms. The Balaban J connectivity index is 1.88. The number of rotatable bonds is 4. The molecule has 1 N–H and O–H groups in total. The van der Waals surface area contributed by atoms with Gasteiger partial charge in [0.05, 0.1) is 5.92 Å². The number of hydrogen-bond acceptors (Lipinski definition) is 1. The smallest absolute Gasteiger partial charge is 0.306 e. The third kappa shape index (κ3) is 2.63. The molecular formula is C14H18O2. The summed E-state index contributed by atoms with van der Waals surface area (Å²) < 4.78 is 0. The molecule has 1 aromatic carbocycles. The Labute approximate surface area is 96.3 Å². The van der Waals surface area contributed by atoms with Gasteiger partial charge in [0.1, 0.15) is 0 Å². The molecule has 0 heterocycles. The Morgan fingerprint density at radius 3 is 2.69 bits per heavy atom. The van der Waals surface area contributed by atoms with Crippen LogP contribution in [0.3, 0.4) is 0 Å². The molecule has 2 heteroatoms. The van der Waals surface area contributed by atoms with E-state index in [1.165, 1.54) is 5.56 Å². The van der Waals surface area contributed by atoms with Gasteiger partial charge in [0.15, 0.2) is 0 Å². The lowest BCUT2D eigenvalue weighted by Gasteiger charge is -2.15. The van der Waals surface area contributed by atoms with Gasteiger partial charge in [-0.05, 0) is 37.2 Å². The van der Waals surface area contributed by atoms with E-state index in [0.29, 0.717) is 5.92 Å². The van der Waals surface area contributed by atoms with Crippen LogP contribution in [0.2, 0.25) is 0 Å². The highest BCUT2D eigenvalue weighted by Crippen LogP contribution is 2.35. The van der Waals surface area contributed by atoms with Crippen LogP contribution in [0.15, 0.2) is 30.3 Å². The van der Waals surface area contributed by atoms with Crippen LogP contribution in [0.5, 0.6) is 0 Å². The van der Waals surface area contributed by atoms with E-state index in [4.69, 9.17) is 5.11 Å². The number of carboxylic acids is 1. The van der Waals surface area contributed by atoms with Crippen LogP contribution in [0.1, 0.15) is 31.2 Å². The summed E-state index contributed by atoms with van der Waals surface area (Å²) in [4.78, 5) is 11.0. The zero-order valence-corrected chi connectivity index (χ0v) is 9.43. The molecule has 1 fully saturated rings. The molecular weight excluding hydrogens is 200 g/mol. The van der Waals surface area contributed by atoms with Gasteiger partial charge in [-0.25, -0.2) is 0 Å². The molecule has 1 aliphatic rings. The van der Waals surface area contributed by atoms with Gasteiger partial charge < -0.3 is 5.11 Å². The summed E-state index contributed by atoms with van der Waals surface area (Å²) in [6.07, 6.45) is 5.06. The predicted molar refractivity (Wildman–Crippen MR) is 63.2 cm³/mol. The van der Waals surface area contributed by atoms with Gasteiger partial charge in [-0.3, -0.25) is 4.79 Å². The molecule has 2 unspecified atom stereocenters. The minimum atomic E-state index is -0.601. The molecule has 2 atom stereocenters. The minimum absolute atomic E-state index is 0.0938. The number of carbonyl (C=O) groups is 1. The van der Waals surface area contributed by atoms with E-state index >= 15 is 0 Å². The zero-order valence-electron chi connectivity index (χ0n) is 9.43. The van der Waals surface area contributed by atoms with Gasteiger partial charge in [0.25, 0.3) is 0 Å². The lowest BCUT2D eigenvalue weighted by molar-refractivity contribution is -0.143. The highest BCUT2D eigenvalue weighted by Gasteiger charge is 2.32. The van der Waals surface area contributed by atoms with Crippen molar-refractivity contribution in [1.82, 2.24) is 0 Å². The van der Waals surface area contributed by atoms with Crippen LogP contribution in [-0.4, -0.2) is 11.1 Å². The molecule has 86 valence electrons. The summed E-state index contributed by atoms with van der Waals surface area (Å²) in [5, 5.41) is 9.08. The van der Waals surface area contributed by atoms with Crippen molar-refractivity contribution in [2.45, 2.75) is 32.1 Å². The van der Waals surface area contributed by atoms with Crippen molar-refractivity contribution in [2.75, 3.05) is 0 Å². The maximum absolute atomic E-state index is 11.0. The fraction of sp³-hybridized carbons (Fsp3) is 0.500. The molecule has 1 saturated carbocycles. The second kappa shape index (κ2) is 5.15. The van der Waals surface area contributed by atoms with E-state index in [9.17, 15) is 4.79 Å². The van der Waals surface area contributed by atoms with E-state index < -0.39 is 5.97 Å². The van der Waals surface area contributed by atoms with Gasteiger partial charge in [0.2, 0.25) is 0 Å². The summed E-state index contributed by atoms with van der Waals surface area (Å²) in [5.74, 6) is -0.308. The summed E-state index contributed by atoms with van der Waals surface area (Å²) in [6, 6.07) is 10.3. The number of benzene rings is 1. The van der Waals surface area contributed by atoms with Crippen LogP contribution in [0.4, 0.5) is 0 Å². The monoisotopic (exact) mass is 218 g/mol. The maximum Gasteiger partial charge on any atom is 0.306 e. The number of aryl methyl sites for hydroxylation is 1. The van der Waals surface area contributed by atoms with E-state index in [0.717, 1.165) is 32.1 Å². The van der Waals surface area contributed by atoms with Gasteiger partial charge in [-0.1, -0.05) is 36.8 Å². The SMILES string of the molecule is O=C(O)C1CCCC1CCc1ccccc1. The molecule has 0 saturated heterocycles. The lowest BCUT2D eigenvalue weighted by Crippen LogP contribution is -2.18. The zero-order chi connectivity index (χ0) is 11.4. The fourth-order valence-corrected chi connectivity index (χ4v) is 2.70. The molecule has 16 heavy (non-hydrogen) atoms. The Bertz CT molecular complexity index is 345. The van der Waals surface area contributed by atoms with Crippen molar-refractivity contribution in [3.63, 3.8) is 0 Å². The first-order valence-electron chi connectivity index (χ1n) is 6.04. The van der Waals surface area contributed by atoms with Crippen molar-refractivity contribution in [1.29, 1.82) is 0 Å². The first kappa shape index (κ1) is 11.2. The van der Waals surface area contributed by atoms with Crippen LogP contribution in [0, 0.1) is 11.8 Å². The standard InChI is InChI=1S/C14H18O2/c15-14(16)13-8-4-7-12(13)10-9-11-5-2-1-3-6-11/h1-3,5-6,12-13H,4,7-10H2,(H,15,16). The molecule has 1 aliphatic carbocycles. The normalized spacial score (nSPS) is 24.5. The largest absolute Gasteiger partial charge is 0.481 e.